The molecule has 0 fully saturated rings. The second-order valence-electron chi connectivity index (χ2n) is 9.64. The molecule has 2 aliphatic rings. The minimum Gasteiger partial charge on any atom is -0.469 e. The Labute approximate surface area is 225 Å². The van der Waals surface area contributed by atoms with Gasteiger partial charge in [-0.25, -0.2) is 4.79 Å². The highest BCUT2D eigenvalue weighted by atomic mass is 16.5. The fraction of sp³-hybridized carbons (Fsp3) is 0.156. The number of carbonyl (C=O) groups excluding carboxylic acids is 3. The number of ketones is 1. The van der Waals surface area contributed by atoms with Gasteiger partial charge in [-0.2, -0.15) is 0 Å². The molecule has 3 aromatic carbocycles. The number of carbonyl (C=O) groups is 3. The van der Waals surface area contributed by atoms with Crippen molar-refractivity contribution >= 4 is 29.0 Å². The van der Waals surface area contributed by atoms with E-state index in [1.807, 2.05) is 54.6 Å². The molecule has 0 saturated heterocycles. The van der Waals surface area contributed by atoms with E-state index in [2.05, 4.69) is 5.32 Å². The van der Waals surface area contributed by atoms with Gasteiger partial charge in [0.1, 0.15) is 5.76 Å². The van der Waals surface area contributed by atoms with Crippen LogP contribution in [0.4, 0.5) is 11.4 Å². The quantitative estimate of drug-likeness (QED) is 0.320. The number of esters is 1. The summed E-state index contributed by atoms with van der Waals surface area (Å²) in [6.07, 6.45) is 2.42. The lowest BCUT2D eigenvalue weighted by atomic mass is 9.80. The largest absolute Gasteiger partial charge is 0.469 e. The fourth-order valence-corrected chi connectivity index (χ4v) is 5.49. The zero-order valence-corrected chi connectivity index (χ0v) is 21.3. The summed E-state index contributed by atoms with van der Waals surface area (Å²) < 4.78 is 10.5. The highest BCUT2D eigenvalue weighted by Crippen LogP contribution is 2.47. The van der Waals surface area contributed by atoms with Gasteiger partial charge in [-0.3, -0.25) is 14.5 Å². The molecule has 1 amide bonds. The molecule has 194 valence electrons. The summed E-state index contributed by atoms with van der Waals surface area (Å²) in [5.41, 5.74) is 4.28. The number of allylic oxidation sites excluding steroid dienone is 1. The highest BCUT2D eigenvalue weighted by molar-refractivity contribution is 6.12. The summed E-state index contributed by atoms with van der Waals surface area (Å²) in [5, 5.41) is 3.51. The number of methoxy groups -OCH3 is 1. The van der Waals surface area contributed by atoms with Crippen molar-refractivity contribution in [1.29, 1.82) is 0 Å². The molecule has 39 heavy (non-hydrogen) atoms. The molecule has 6 rings (SSSR count). The second kappa shape index (κ2) is 10.1. The minimum atomic E-state index is -0.722. The summed E-state index contributed by atoms with van der Waals surface area (Å²) in [6.45, 7) is 0. The van der Waals surface area contributed by atoms with Gasteiger partial charge < -0.3 is 14.5 Å². The lowest BCUT2D eigenvalue weighted by Gasteiger charge is -2.35. The van der Waals surface area contributed by atoms with Crippen LogP contribution in [0.2, 0.25) is 0 Å². The van der Waals surface area contributed by atoms with Crippen molar-refractivity contribution < 1.29 is 23.5 Å². The van der Waals surface area contributed by atoms with E-state index in [0.29, 0.717) is 34.4 Å². The molecule has 2 heterocycles. The van der Waals surface area contributed by atoms with Crippen LogP contribution in [0, 0.1) is 0 Å². The van der Waals surface area contributed by atoms with Crippen LogP contribution < -0.4 is 10.2 Å². The van der Waals surface area contributed by atoms with Crippen molar-refractivity contribution in [2.24, 2.45) is 0 Å². The number of Topliss-reactive ketones (excluding diaryl/α,β-unsaturated/α-hetero) is 1. The third kappa shape index (κ3) is 4.42. The lowest BCUT2D eigenvalue weighted by Crippen LogP contribution is -2.38. The van der Waals surface area contributed by atoms with Gasteiger partial charge in [0, 0.05) is 29.2 Å². The second-order valence-corrected chi connectivity index (χ2v) is 9.64. The topological polar surface area (TPSA) is 88.8 Å². The number of rotatable bonds is 4. The third-order valence-corrected chi connectivity index (χ3v) is 7.32. The Morgan fingerprint density at radius 2 is 1.62 bits per heavy atom. The smallest absolute Gasteiger partial charge is 0.337 e. The van der Waals surface area contributed by atoms with Crippen LogP contribution in [-0.2, 0) is 9.53 Å². The molecule has 1 N–H and O–H groups in total. The summed E-state index contributed by atoms with van der Waals surface area (Å²) in [6, 6.07) is 26.5. The van der Waals surface area contributed by atoms with E-state index in [1.165, 1.54) is 7.11 Å². The molecule has 0 bridgehead atoms. The number of para-hydroxylation sites is 2. The molecule has 1 aliphatic carbocycles. The van der Waals surface area contributed by atoms with E-state index < -0.39 is 12.0 Å². The van der Waals surface area contributed by atoms with Gasteiger partial charge in [-0.1, -0.05) is 42.5 Å². The first-order valence-electron chi connectivity index (χ1n) is 12.8. The van der Waals surface area contributed by atoms with Crippen LogP contribution in [0.5, 0.6) is 0 Å². The predicted molar refractivity (Wildman–Crippen MR) is 147 cm³/mol. The van der Waals surface area contributed by atoms with Gasteiger partial charge in [-0.05, 0) is 60.5 Å². The van der Waals surface area contributed by atoms with E-state index in [4.69, 9.17) is 9.15 Å². The Morgan fingerprint density at radius 3 is 2.33 bits per heavy atom. The lowest BCUT2D eigenvalue weighted by molar-refractivity contribution is -0.116. The number of nitrogens with one attached hydrogen (secondary N) is 1. The number of anilines is 2. The maximum Gasteiger partial charge on any atom is 0.337 e. The number of nitrogens with zero attached hydrogens (tertiary/aromatic N) is 1. The average Bonchev–Trinajstić information content (AvgIpc) is 3.47. The van der Waals surface area contributed by atoms with Crippen LogP contribution in [0.3, 0.4) is 0 Å². The minimum absolute atomic E-state index is 0.0640. The molecule has 7 nitrogen and oxygen atoms in total. The van der Waals surface area contributed by atoms with E-state index in [-0.39, 0.29) is 24.0 Å². The van der Waals surface area contributed by atoms with E-state index >= 15 is 0 Å². The van der Waals surface area contributed by atoms with E-state index in [0.717, 1.165) is 17.1 Å². The van der Waals surface area contributed by atoms with Crippen molar-refractivity contribution in [3.05, 3.63) is 131 Å². The molecule has 4 aromatic rings. The zero-order chi connectivity index (χ0) is 26.9. The van der Waals surface area contributed by atoms with Gasteiger partial charge in [-0.15, -0.1) is 0 Å². The first kappa shape index (κ1) is 24.4. The fourth-order valence-electron chi connectivity index (χ4n) is 5.49. The molecule has 0 spiro atoms. The number of hydrogen-bond donors (Lipinski definition) is 1. The molecule has 1 aliphatic heterocycles. The van der Waals surface area contributed by atoms with Crippen molar-refractivity contribution in [3.63, 3.8) is 0 Å². The molecular weight excluding hydrogens is 492 g/mol. The van der Waals surface area contributed by atoms with Crippen LogP contribution in [0.25, 0.3) is 0 Å². The normalized spacial score (nSPS) is 18.5. The SMILES string of the molecule is COC(=O)c1ccc(C2C3=C(CC(c4ccco4)CC3=O)Nc3ccccc3N2C(=O)c2ccccc2)cc1. The number of amides is 1. The first-order valence-corrected chi connectivity index (χ1v) is 12.8. The summed E-state index contributed by atoms with van der Waals surface area (Å²) in [5.74, 6) is -0.121. The maximum atomic E-state index is 14.2. The highest BCUT2D eigenvalue weighted by Gasteiger charge is 2.42. The Kier molecular flexibility index (Phi) is 6.32. The zero-order valence-electron chi connectivity index (χ0n) is 21.3. The molecule has 2 atom stereocenters. The molecule has 0 saturated carbocycles. The van der Waals surface area contributed by atoms with Crippen molar-refractivity contribution in [1.82, 2.24) is 0 Å². The van der Waals surface area contributed by atoms with Crippen LogP contribution in [-0.4, -0.2) is 24.8 Å². The van der Waals surface area contributed by atoms with E-state index in [1.54, 1.807) is 47.6 Å². The molecule has 7 heteroatoms. The Bertz CT molecular complexity index is 1570. The van der Waals surface area contributed by atoms with Crippen LogP contribution >= 0.6 is 0 Å². The Hall–Kier alpha value is -4.91. The first-order chi connectivity index (χ1) is 19.0. The van der Waals surface area contributed by atoms with Crippen LogP contribution in [0.15, 0.2) is 113 Å². The number of fused-ring (bicyclic) bond motifs is 1. The summed E-state index contributed by atoms with van der Waals surface area (Å²) in [7, 11) is 1.33. The van der Waals surface area contributed by atoms with Crippen LogP contribution in [0.1, 0.15) is 56.8 Å². The van der Waals surface area contributed by atoms with Crippen molar-refractivity contribution in [2.75, 3.05) is 17.3 Å². The number of ether oxygens (including phenoxy) is 1. The number of furan rings is 1. The van der Waals surface area contributed by atoms with Gasteiger partial charge >= 0.3 is 5.97 Å². The van der Waals surface area contributed by atoms with Gasteiger partial charge in [0.15, 0.2) is 5.78 Å². The van der Waals surface area contributed by atoms with Crippen molar-refractivity contribution in [2.45, 2.75) is 24.8 Å². The van der Waals surface area contributed by atoms with Gasteiger partial charge in [0.05, 0.1) is 36.4 Å². The molecule has 2 unspecified atom stereocenters. The number of hydrogen-bond acceptors (Lipinski definition) is 6. The predicted octanol–water partition coefficient (Wildman–Crippen LogP) is 6.28. The molecule has 0 radical (unpaired) electrons. The molecular formula is C32H26N2O5. The monoisotopic (exact) mass is 518 g/mol. The summed E-state index contributed by atoms with van der Waals surface area (Å²) >= 11 is 0. The van der Waals surface area contributed by atoms with Crippen molar-refractivity contribution in [3.8, 4) is 0 Å². The maximum absolute atomic E-state index is 14.2. The average molecular weight is 519 g/mol. The van der Waals surface area contributed by atoms with Gasteiger partial charge in [0.25, 0.3) is 5.91 Å². The van der Waals surface area contributed by atoms with Gasteiger partial charge in [0.2, 0.25) is 0 Å². The Balaban J connectivity index is 1.56. The summed E-state index contributed by atoms with van der Waals surface area (Å²) in [4.78, 5) is 42.1. The molecule has 1 aromatic heterocycles. The van der Waals surface area contributed by atoms with E-state index in [9.17, 15) is 14.4 Å². The third-order valence-electron chi connectivity index (χ3n) is 7.32. The number of benzene rings is 3. The standard InChI is InChI=1S/C32H26N2O5/c1-38-32(37)22-15-13-20(14-16-22)30-29-25(18-23(19-27(29)35)28-12-7-17-39-28)33-24-10-5-6-11-26(24)34(30)31(36)21-8-3-2-4-9-21/h2-17,23,30,33H,18-19H2,1H3. The Morgan fingerprint density at radius 1 is 0.872 bits per heavy atom.